The van der Waals surface area contributed by atoms with Crippen LogP contribution in [0.25, 0.3) is 4.96 Å². The van der Waals surface area contributed by atoms with Gasteiger partial charge in [-0.1, -0.05) is 24.3 Å². The van der Waals surface area contributed by atoms with E-state index in [0.29, 0.717) is 18.8 Å². The van der Waals surface area contributed by atoms with Crippen LogP contribution in [-0.4, -0.2) is 44.5 Å². The molecule has 5 rings (SSSR count). The molecule has 25 heavy (non-hydrogen) atoms. The Bertz CT molecular complexity index is 924. The van der Waals surface area contributed by atoms with Gasteiger partial charge in [-0.2, -0.15) is 0 Å². The molecule has 5 nitrogen and oxygen atoms in total. The molecule has 0 radical (unpaired) electrons. The summed E-state index contributed by atoms with van der Waals surface area (Å²) in [7, 11) is 0. The van der Waals surface area contributed by atoms with E-state index in [1.54, 1.807) is 6.20 Å². The molecule has 1 aromatic carbocycles. The summed E-state index contributed by atoms with van der Waals surface area (Å²) in [6, 6.07) is 8.34. The zero-order chi connectivity index (χ0) is 17.0. The summed E-state index contributed by atoms with van der Waals surface area (Å²) < 4.78 is 1.89. The molecule has 1 spiro atoms. The molecule has 0 unspecified atom stereocenters. The molecule has 2 aromatic heterocycles. The van der Waals surface area contributed by atoms with Crippen molar-refractivity contribution in [2.75, 3.05) is 13.1 Å². The van der Waals surface area contributed by atoms with Crippen molar-refractivity contribution < 1.29 is 9.90 Å². The van der Waals surface area contributed by atoms with Crippen molar-refractivity contribution in [2.45, 2.75) is 30.8 Å². The number of carbonyl (C=O) groups excluding carboxylic acids is 1. The molecule has 1 atom stereocenters. The largest absolute Gasteiger partial charge is 0.392 e. The van der Waals surface area contributed by atoms with Gasteiger partial charge in [0, 0.05) is 36.3 Å². The highest BCUT2D eigenvalue weighted by Crippen LogP contribution is 2.46. The van der Waals surface area contributed by atoms with Crippen LogP contribution in [0.3, 0.4) is 0 Å². The standard InChI is InChI=1S/C19H19N3O2S/c23-16-11-13-3-1-2-4-14(13)19(16)5-7-21(8-6-19)17(24)15-12-22-9-10-25-18(22)20-15/h1-4,9-10,12,16,23H,5-8,11H2/t16-/m0/s1. The molecule has 1 aliphatic heterocycles. The number of hydrogen-bond acceptors (Lipinski definition) is 4. The molecule has 6 heteroatoms. The monoisotopic (exact) mass is 353 g/mol. The number of hydrogen-bond donors (Lipinski definition) is 1. The molecule has 3 aromatic rings. The fourth-order valence-electron chi connectivity index (χ4n) is 4.47. The Balaban J connectivity index is 1.38. The van der Waals surface area contributed by atoms with Crippen LogP contribution in [0, 0.1) is 0 Å². The molecular weight excluding hydrogens is 334 g/mol. The zero-order valence-corrected chi connectivity index (χ0v) is 14.6. The summed E-state index contributed by atoms with van der Waals surface area (Å²) >= 11 is 1.53. The third-order valence-corrected chi connectivity index (χ3v) is 6.63. The maximum absolute atomic E-state index is 12.8. The first-order valence-electron chi connectivity index (χ1n) is 8.65. The number of likely N-dealkylation sites (tertiary alicyclic amines) is 1. The molecule has 1 aliphatic carbocycles. The van der Waals surface area contributed by atoms with E-state index in [4.69, 9.17) is 0 Å². The number of piperidine rings is 1. The number of aromatic nitrogens is 2. The number of amides is 1. The smallest absolute Gasteiger partial charge is 0.274 e. The number of benzene rings is 1. The Labute approximate surface area is 149 Å². The molecule has 1 saturated heterocycles. The molecule has 1 N–H and O–H groups in total. The Hall–Kier alpha value is -2.18. The lowest BCUT2D eigenvalue weighted by atomic mass is 9.72. The van der Waals surface area contributed by atoms with E-state index in [2.05, 4.69) is 17.1 Å². The molecule has 3 heterocycles. The normalized spacial score (nSPS) is 21.8. The fraction of sp³-hybridized carbons (Fsp3) is 0.368. The van der Waals surface area contributed by atoms with Gasteiger partial charge >= 0.3 is 0 Å². The predicted molar refractivity (Wildman–Crippen MR) is 96.0 cm³/mol. The topological polar surface area (TPSA) is 57.8 Å². The Morgan fingerprint density at radius 1 is 1.28 bits per heavy atom. The van der Waals surface area contributed by atoms with Gasteiger partial charge in [0.2, 0.25) is 0 Å². The number of fused-ring (bicyclic) bond motifs is 3. The number of thiazole rings is 1. The van der Waals surface area contributed by atoms with Crippen LogP contribution >= 0.6 is 11.3 Å². The minimum Gasteiger partial charge on any atom is -0.392 e. The maximum atomic E-state index is 12.8. The van der Waals surface area contributed by atoms with E-state index in [1.165, 1.54) is 22.5 Å². The molecule has 2 aliphatic rings. The van der Waals surface area contributed by atoms with Crippen LogP contribution < -0.4 is 0 Å². The quantitative estimate of drug-likeness (QED) is 0.731. The number of aliphatic hydroxyl groups is 1. The second-order valence-corrected chi connectivity index (χ2v) is 7.92. The van der Waals surface area contributed by atoms with Crippen LogP contribution in [0.15, 0.2) is 42.0 Å². The first-order valence-corrected chi connectivity index (χ1v) is 9.53. The van der Waals surface area contributed by atoms with E-state index in [-0.39, 0.29) is 17.4 Å². The van der Waals surface area contributed by atoms with E-state index in [9.17, 15) is 9.90 Å². The van der Waals surface area contributed by atoms with Crippen molar-refractivity contribution in [3.05, 3.63) is 58.9 Å². The lowest BCUT2D eigenvalue weighted by Crippen LogP contribution is -2.49. The number of carbonyl (C=O) groups is 1. The van der Waals surface area contributed by atoms with Crippen molar-refractivity contribution in [3.63, 3.8) is 0 Å². The average Bonchev–Trinajstić information content (AvgIpc) is 3.29. The molecule has 0 saturated carbocycles. The molecule has 1 fully saturated rings. The average molecular weight is 353 g/mol. The molecule has 1 amide bonds. The van der Waals surface area contributed by atoms with Crippen LogP contribution in [-0.2, 0) is 11.8 Å². The minimum absolute atomic E-state index is 0.00785. The Kier molecular flexibility index (Phi) is 3.27. The van der Waals surface area contributed by atoms with Gasteiger partial charge in [-0.15, -0.1) is 11.3 Å². The zero-order valence-electron chi connectivity index (χ0n) is 13.8. The van der Waals surface area contributed by atoms with E-state index >= 15 is 0 Å². The Morgan fingerprint density at radius 3 is 2.88 bits per heavy atom. The first kappa shape index (κ1) is 15.1. The van der Waals surface area contributed by atoms with Gasteiger partial charge in [0.25, 0.3) is 5.91 Å². The van der Waals surface area contributed by atoms with Crippen molar-refractivity contribution in [2.24, 2.45) is 0 Å². The summed E-state index contributed by atoms with van der Waals surface area (Å²) in [6.07, 6.45) is 5.71. The first-order chi connectivity index (χ1) is 12.2. The number of rotatable bonds is 1. The van der Waals surface area contributed by atoms with Crippen molar-refractivity contribution in [1.82, 2.24) is 14.3 Å². The second-order valence-electron chi connectivity index (χ2n) is 7.04. The van der Waals surface area contributed by atoms with E-state index in [1.807, 2.05) is 33.0 Å². The Morgan fingerprint density at radius 2 is 2.08 bits per heavy atom. The van der Waals surface area contributed by atoms with Gasteiger partial charge in [-0.25, -0.2) is 4.98 Å². The van der Waals surface area contributed by atoms with Crippen molar-refractivity contribution in [1.29, 1.82) is 0 Å². The van der Waals surface area contributed by atoms with Crippen LogP contribution in [0.1, 0.15) is 34.5 Å². The summed E-state index contributed by atoms with van der Waals surface area (Å²) in [5.41, 5.74) is 2.85. The van der Waals surface area contributed by atoms with Gasteiger partial charge in [-0.05, 0) is 30.4 Å². The van der Waals surface area contributed by atoms with Gasteiger partial charge < -0.3 is 10.0 Å². The van der Waals surface area contributed by atoms with Crippen LogP contribution in [0.4, 0.5) is 0 Å². The third kappa shape index (κ3) is 2.17. The SMILES string of the molecule is O=C(c1cn2ccsc2n1)N1CCC2(CC1)c1ccccc1C[C@@H]2O. The third-order valence-electron chi connectivity index (χ3n) is 5.86. The van der Waals surface area contributed by atoms with Crippen molar-refractivity contribution >= 4 is 22.2 Å². The number of nitrogens with zero attached hydrogens (tertiary/aromatic N) is 3. The van der Waals surface area contributed by atoms with Crippen LogP contribution in [0.5, 0.6) is 0 Å². The fourth-order valence-corrected chi connectivity index (χ4v) is 5.17. The summed E-state index contributed by atoms with van der Waals surface area (Å²) in [4.78, 5) is 19.9. The number of aliphatic hydroxyl groups excluding tert-OH is 1. The second kappa shape index (κ2) is 5.41. The summed E-state index contributed by atoms with van der Waals surface area (Å²) in [5.74, 6) is -0.00785. The lowest BCUT2D eigenvalue weighted by Gasteiger charge is -2.42. The highest BCUT2D eigenvalue weighted by molar-refractivity contribution is 7.15. The minimum atomic E-state index is -0.347. The van der Waals surface area contributed by atoms with Gasteiger partial charge in [0.15, 0.2) is 4.96 Å². The molecular formula is C19H19N3O2S. The highest BCUT2D eigenvalue weighted by atomic mass is 32.1. The molecule has 0 bridgehead atoms. The van der Waals surface area contributed by atoms with Gasteiger partial charge in [-0.3, -0.25) is 9.20 Å². The van der Waals surface area contributed by atoms with Gasteiger partial charge in [0.05, 0.1) is 6.10 Å². The molecule has 128 valence electrons. The van der Waals surface area contributed by atoms with Gasteiger partial charge in [0.1, 0.15) is 5.69 Å². The highest BCUT2D eigenvalue weighted by Gasteiger charge is 2.48. The number of imidazole rings is 1. The van der Waals surface area contributed by atoms with E-state index in [0.717, 1.165) is 24.2 Å². The summed E-state index contributed by atoms with van der Waals surface area (Å²) in [5, 5.41) is 12.7. The van der Waals surface area contributed by atoms with Crippen LogP contribution in [0.2, 0.25) is 0 Å². The van der Waals surface area contributed by atoms with E-state index < -0.39 is 0 Å². The maximum Gasteiger partial charge on any atom is 0.274 e. The lowest BCUT2D eigenvalue weighted by molar-refractivity contribution is 0.0363. The summed E-state index contributed by atoms with van der Waals surface area (Å²) in [6.45, 7) is 1.32. The van der Waals surface area contributed by atoms with Crippen molar-refractivity contribution in [3.8, 4) is 0 Å². The predicted octanol–water partition coefficient (Wildman–Crippen LogP) is 2.49.